The number of fused-ring (bicyclic) bond motifs is 4. The summed E-state index contributed by atoms with van der Waals surface area (Å²) in [6, 6.07) is 13.1. The lowest BCUT2D eigenvalue weighted by Crippen LogP contribution is -2.30. The molecule has 29 heavy (non-hydrogen) atoms. The standard InChI is InChI=1S/C22H21ClN2O4/c1-27-11-9-25(10-12-28-2)14-7-8-17-18(13-14)29-22-19(23)21(26)16-6-4-3-5-15(16)20(22)24-17/h3-8,13H,9-12H2,1-2H3. The molecule has 0 amide bonds. The Morgan fingerprint density at radius 3 is 2.41 bits per heavy atom. The molecule has 0 N–H and O–H groups in total. The highest BCUT2D eigenvalue weighted by Gasteiger charge is 2.21. The first-order valence-corrected chi connectivity index (χ1v) is 9.69. The van der Waals surface area contributed by atoms with Crippen LogP contribution < -0.4 is 10.3 Å². The van der Waals surface area contributed by atoms with E-state index in [1.165, 1.54) is 0 Å². The van der Waals surface area contributed by atoms with Crippen molar-refractivity contribution in [2.75, 3.05) is 45.4 Å². The summed E-state index contributed by atoms with van der Waals surface area (Å²) in [4.78, 5) is 19.5. The van der Waals surface area contributed by atoms with E-state index in [1.54, 1.807) is 20.3 Å². The van der Waals surface area contributed by atoms with Gasteiger partial charge >= 0.3 is 0 Å². The summed E-state index contributed by atoms with van der Waals surface area (Å²) in [6.07, 6.45) is 0. The van der Waals surface area contributed by atoms with Gasteiger partial charge < -0.3 is 18.8 Å². The van der Waals surface area contributed by atoms with Crippen molar-refractivity contribution in [1.29, 1.82) is 0 Å². The zero-order chi connectivity index (χ0) is 20.4. The van der Waals surface area contributed by atoms with Crippen molar-refractivity contribution in [2.24, 2.45) is 0 Å². The summed E-state index contributed by atoms with van der Waals surface area (Å²) in [5.41, 5.74) is 2.54. The van der Waals surface area contributed by atoms with E-state index < -0.39 is 0 Å². The van der Waals surface area contributed by atoms with Gasteiger partial charge in [0.1, 0.15) is 16.2 Å². The van der Waals surface area contributed by atoms with Crippen LogP contribution in [0.15, 0.2) is 51.7 Å². The maximum atomic E-state index is 12.6. The predicted octanol–water partition coefficient (Wildman–Crippen LogP) is 4.20. The van der Waals surface area contributed by atoms with Gasteiger partial charge in [-0.25, -0.2) is 4.98 Å². The van der Waals surface area contributed by atoms with Crippen LogP contribution in [0.1, 0.15) is 0 Å². The van der Waals surface area contributed by atoms with Crippen LogP contribution in [0.25, 0.3) is 33.3 Å². The van der Waals surface area contributed by atoms with Crippen molar-refractivity contribution in [3.8, 4) is 11.5 Å². The number of benzene rings is 3. The fraction of sp³-hybridized carbons (Fsp3) is 0.273. The smallest absolute Gasteiger partial charge is 0.208 e. The highest BCUT2D eigenvalue weighted by Crippen LogP contribution is 2.35. The number of rotatable bonds is 7. The zero-order valence-electron chi connectivity index (χ0n) is 16.3. The van der Waals surface area contributed by atoms with E-state index in [-0.39, 0.29) is 10.5 Å². The van der Waals surface area contributed by atoms with E-state index in [0.29, 0.717) is 54.2 Å². The molecule has 0 saturated carbocycles. The van der Waals surface area contributed by atoms with Crippen molar-refractivity contribution in [3.05, 3.63) is 57.7 Å². The Morgan fingerprint density at radius 2 is 1.72 bits per heavy atom. The Balaban J connectivity index is 1.88. The lowest BCUT2D eigenvalue weighted by molar-refractivity contribution is 0.190. The first kappa shape index (κ1) is 19.6. The van der Waals surface area contributed by atoms with E-state index in [4.69, 9.17) is 30.5 Å². The van der Waals surface area contributed by atoms with E-state index in [0.717, 1.165) is 11.1 Å². The van der Waals surface area contributed by atoms with Gasteiger partial charge in [-0.15, -0.1) is 0 Å². The third kappa shape index (κ3) is 3.67. The monoisotopic (exact) mass is 412 g/mol. The number of hydrogen-bond donors (Lipinski definition) is 0. The van der Waals surface area contributed by atoms with Crippen LogP contribution in [0, 0.1) is 0 Å². The number of aromatic nitrogens is 1. The molecule has 7 heteroatoms. The molecule has 2 aromatic carbocycles. The molecule has 0 atom stereocenters. The Kier molecular flexibility index (Phi) is 5.67. The minimum absolute atomic E-state index is 0.0501. The van der Waals surface area contributed by atoms with Gasteiger partial charge in [-0.05, 0) is 12.1 Å². The molecule has 1 aliphatic carbocycles. The lowest BCUT2D eigenvalue weighted by atomic mass is 10.0. The summed E-state index contributed by atoms with van der Waals surface area (Å²) in [5, 5.41) is 1.32. The average Bonchev–Trinajstić information content (AvgIpc) is 2.76. The van der Waals surface area contributed by atoms with Crippen LogP contribution in [-0.4, -0.2) is 45.5 Å². The lowest BCUT2D eigenvalue weighted by Gasteiger charge is -2.24. The molecule has 0 bridgehead atoms. The second-order valence-electron chi connectivity index (χ2n) is 6.70. The Hall–Kier alpha value is -2.67. The van der Waals surface area contributed by atoms with Crippen molar-refractivity contribution in [3.63, 3.8) is 0 Å². The molecule has 1 heterocycles. The molecule has 150 valence electrons. The molecule has 4 rings (SSSR count). The van der Waals surface area contributed by atoms with Gasteiger partial charge in [-0.2, -0.15) is 0 Å². The van der Waals surface area contributed by atoms with Gasteiger partial charge in [0.2, 0.25) is 5.43 Å². The van der Waals surface area contributed by atoms with Crippen LogP contribution in [0.4, 0.5) is 5.69 Å². The Bertz CT molecular complexity index is 1180. The van der Waals surface area contributed by atoms with E-state index >= 15 is 0 Å². The first-order valence-electron chi connectivity index (χ1n) is 9.31. The van der Waals surface area contributed by atoms with Gasteiger partial charge in [0.05, 0.1) is 13.2 Å². The van der Waals surface area contributed by atoms with Crippen LogP contribution in [0.3, 0.4) is 0 Å². The van der Waals surface area contributed by atoms with Gasteiger partial charge in [0.25, 0.3) is 0 Å². The minimum Gasteiger partial charge on any atom is -0.451 e. The molecular formula is C22H21ClN2O4. The number of hydrogen-bond acceptors (Lipinski definition) is 6. The molecule has 0 unspecified atom stereocenters. The third-order valence-corrected chi connectivity index (χ3v) is 5.27. The summed E-state index contributed by atoms with van der Waals surface area (Å²) < 4.78 is 16.5. The first-order chi connectivity index (χ1) is 14.1. The topological polar surface area (TPSA) is 64.8 Å². The second-order valence-corrected chi connectivity index (χ2v) is 7.08. The van der Waals surface area contributed by atoms with Crippen molar-refractivity contribution >= 4 is 39.2 Å². The minimum atomic E-state index is -0.252. The van der Waals surface area contributed by atoms with E-state index in [1.807, 2.05) is 36.4 Å². The van der Waals surface area contributed by atoms with Crippen LogP contribution in [0.2, 0.25) is 5.02 Å². The normalized spacial score (nSPS) is 11.6. The second kappa shape index (κ2) is 8.37. The summed E-state index contributed by atoms with van der Waals surface area (Å²) in [6.45, 7) is 2.60. The molecule has 2 aliphatic rings. The number of nitrogens with zero attached hydrogens (tertiary/aromatic N) is 2. The summed E-state index contributed by atoms with van der Waals surface area (Å²) in [5.74, 6) is 0.306. The fourth-order valence-electron chi connectivity index (χ4n) is 3.42. The van der Waals surface area contributed by atoms with E-state index in [9.17, 15) is 4.79 Å². The molecule has 0 spiro atoms. The Morgan fingerprint density at radius 1 is 1.03 bits per heavy atom. The van der Waals surface area contributed by atoms with Crippen molar-refractivity contribution in [1.82, 2.24) is 4.98 Å². The summed E-state index contributed by atoms with van der Waals surface area (Å²) in [7, 11) is 3.35. The van der Waals surface area contributed by atoms with Gasteiger partial charge in [0, 0.05) is 49.8 Å². The molecule has 0 fully saturated rings. The molecule has 0 saturated heterocycles. The van der Waals surface area contributed by atoms with Gasteiger partial charge in [-0.3, -0.25) is 4.79 Å². The number of methoxy groups -OCH3 is 2. The number of halogens is 1. The third-order valence-electron chi connectivity index (χ3n) is 4.92. The molecule has 6 nitrogen and oxygen atoms in total. The summed E-state index contributed by atoms with van der Waals surface area (Å²) >= 11 is 6.36. The average molecular weight is 413 g/mol. The maximum absolute atomic E-state index is 12.6. The molecule has 0 radical (unpaired) electrons. The molecule has 1 aliphatic heterocycles. The van der Waals surface area contributed by atoms with Crippen molar-refractivity contribution < 1.29 is 13.9 Å². The predicted molar refractivity (Wildman–Crippen MR) is 115 cm³/mol. The number of ether oxygens (including phenoxy) is 2. The van der Waals surface area contributed by atoms with Crippen LogP contribution in [-0.2, 0) is 9.47 Å². The fourth-order valence-corrected chi connectivity index (χ4v) is 3.65. The highest BCUT2D eigenvalue weighted by molar-refractivity contribution is 6.34. The SMILES string of the molecule is COCCN(CCOC)c1ccc2nc3c4ccccc4c(=O)c(Cl)c-3oc2c1. The van der Waals surface area contributed by atoms with Gasteiger partial charge in [0.15, 0.2) is 11.3 Å². The quantitative estimate of drug-likeness (QED) is 0.335. The Labute approximate surface area is 172 Å². The number of anilines is 1. The van der Waals surface area contributed by atoms with Gasteiger partial charge in [-0.1, -0.05) is 35.9 Å². The molecule has 0 aromatic heterocycles. The van der Waals surface area contributed by atoms with Crippen LogP contribution in [0.5, 0.6) is 0 Å². The highest BCUT2D eigenvalue weighted by atomic mass is 35.5. The van der Waals surface area contributed by atoms with Crippen molar-refractivity contribution in [2.45, 2.75) is 0 Å². The largest absolute Gasteiger partial charge is 0.451 e. The maximum Gasteiger partial charge on any atom is 0.208 e. The molecule has 2 aromatic rings. The van der Waals surface area contributed by atoms with Crippen LogP contribution >= 0.6 is 11.6 Å². The van der Waals surface area contributed by atoms with E-state index in [2.05, 4.69) is 4.90 Å². The zero-order valence-corrected chi connectivity index (χ0v) is 17.0. The molecular weight excluding hydrogens is 392 g/mol.